The van der Waals surface area contributed by atoms with E-state index >= 15 is 0 Å². The highest BCUT2D eigenvalue weighted by Crippen LogP contribution is 2.22. The molecule has 1 aromatic carbocycles. The van der Waals surface area contributed by atoms with Crippen molar-refractivity contribution in [2.24, 2.45) is 5.92 Å². The number of aliphatic carboxylic acids is 1. The van der Waals surface area contributed by atoms with Crippen LogP contribution < -0.4 is 10.0 Å². The fraction of sp³-hybridized carbons (Fsp3) is 0.588. The molecule has 1 N–H and O–H groups in total. The maximum atomic E-state index is 13.9. The van der Waals surface area contributed by atoms with Gasteiger partial charge < -0.3 is 9.84 Å². The first-order valence-corrected chi connectivity index (χ1v) is 8.04. The van der Waals surface area contributed by atoms with E-state index < -0.39 is 12.1 Å². The molecule has 0 heterocycles. The number of unbranched alkanes of at least 4 members (excludes halogenated alkanes) is 3. The van der Waals surface area contributed by atoms with E-state index in [-0.39, 0.29) is 16.9 Å². The molecule has 1 unspecified atom stereocenters. The Labute approximate surface area is 136 Å². The van der Waals surface area contributed by atoms with Crippen LogP contribution in [0.2, 0.25) is 0 Å². The Hall–Kier alpha value is -1.82. The average molecular weight is 327 g/mol. The highest BCUT2D eigenvalue weighted by atomic mass is 19.2. The molecule has 0 fully saturated rings. The molecule has 23 heavy (non-hydrogen) atoms. The quantitative estimate of drug-likeness (QED) is 0.371. The molecule has 0 bridgehead atoms. The van der Waals surface area contributed by atoms with Crippen molar-refractivity contribution in [1.29, 1.82) is 0 Å². The summed E-state index contributed by atoms with van der Waals surface area (Å²) in [6.07, 6.45) is 3.25. The molecular weight excluding hydrogens is 301 g/mol. The molecule has 0 spiro atoms. The summed E-state index contributed by atoms with van der Waals surface area (Å²) in [6.45, 7) is 6.09. The Morgan fingerprint density at radius 2 is 1.87 bits per heavy atom. The molecule has 0 saturated carbocycles. The summed E-state index contributed by atoms with van der Waals surface area (Å²) in [6, 6.07) is 6.24. The molecule has 5 nitrogen and oxygen atoms in total. The Balaban J connectivity index is 2.50. The average Bonchev–Trinajstić information content (AvgIpc) is 2.52. The zero-order valence-corrected chi connectivity index (χ0v) is 14.0. The second kappa shape index (κ2) is 10.0. The number of benzene rings is 1. The van der Waals surface area contributed by atoms with E-state index in [0.717, 1.165) is 12.8 Å². The first-order chi connectivity index (χ1) is 11.0. The molecule has 0 saturated heterocycles. The maximum absolute atomic E-state index is 13.9. The number of carboxylic acids is 1. The molecule has 1 rings (SSSR count). The van der Waals surface area contributed by atoms with Gasteiger partial charge >= 0.3 is 5.97 Å². The normalized spacial score (nSPS) is 12.2. The van der Waals surface area contributed by atoms with Gasteiger partial charge in [0.15, 0.2) is 6.10 Å². The zero-order chi connectivity index (χ0) is 17.2. The van der Waals surface area contributed by atoms with Crippen molar-refractivity contribution in [3.8, 4) is 5.75 Å². The number of hydrogen-bond donors (Lipinski definition) is 1. The fourth-order valence-electron chi connectivity index (χ4n) is 1.99. The minimum Gasteiger partial charge on any atom is -0.494 e. The van der Waals surface area contributed by atoms with Gasteiger partial charge in [0, 0.05) is 0 Å². The summed E-state index contributed by atoms with van der Waals surface area (Å²) in [5.74, 6) is -0.900. The Bertz CT molecular complexity index is 464. The van der Waals surface area contributed by atoms with Gasteiger partial charge in [-0.1, -0.05) is 49.8 Å². The van der Waals surface area contributed by atoms with Crippen LogP contribution >= 0.6 is 0 Å². The predicted octanol–water partition coefficient (Wildman–Crippen LogP) is 4.38. The Morgan fingerprint density at radius 3 is 2.39 bits per heavy atom. The van der Waals surface area contributed by atoms with Gasteiger partial charge in [0.25, 0.3) is 0 Å². The van der Waals surface area contributed by atoms with Crippen molar-refractivity contribution in [3.63, 3.8) is 0 Å². The largest absolute Gasteiger partial charge is 0.494 e. The van der Waals surface area contributed by atoms with Gasteiger partial charge in [0.05, 0.1) is 6.61 Å². The third kappa shape index (κ3) is 6.86. The van der Waals surface area contributed by atoms with E-state index in [0.29, 0.717) is 12.4 Å². The van der Waals surface area contributed by atoms with E-state index in [9.17, 15) is 9.28 Å². The monoisotopic (exact) mass is 327 g/mol. The zero-order valence-electron chi connectivity index (χ0n) is 14.0. The third-order valence-corrected chi connectivity index (χ3v) is 3.36. The van der Waals surface area contributed by atoms with Crippen LogP contribution in [0.1, 0.15) is 46.5 Å². The van der Waals surface area contributed by atoms with Crippen molar-refractivity contribution >= 4 is 11.7 Å². The standard InChI is InChI=1S/C17H26FNO4/c1-4-5-6-7-12-22-15-10-8-14(9-11-15)19(18)23-16(13(2)3)17(20)21/h8-11,13,16H,4-7,12H2,1-3H3,(H,20,21). The number of hydrogen-bond acceptors (Lipinski definition) is 4. The lowest BCUT2D eigenvalue weighted by Gasteiger charge is -2.21. The summed E-state index contributed by atoms with van der Waals surface area (Å²) >= 11 is 0. The van der Waals surface area contributed by atoms with Crippen LogP contribution in [0.4, 0.5) is 10.2 Å². The number of carboxylic acid groups (broad SMARTS) is 1. The van der Waals surface area contributed by atoms with Crippen LogP contribution in [0.15, 0.2) is 24.3 Å². The molecule has 0 aliphatic carbocycles. The summed E-state index contributed by atoms with van der Waals surface area (Å²) in [5, 5.41) is 8.99. The van der Waals surface area contributed by atoms with Crippen LogP contribution in [0, 0.1) is 5.92 Å². The summed E-state index contributed by atoms with van der Waals surface area (Å²) < 4.78 is 19.5. The number of ether oxygens (including phenoxy) is 1. The molecule has 0 aromatic heterocycles. The van der Waals surface area contributed by atoms with Crippen molar-refractivity contribution in [3.05, 3.63) is 24.3 Å². The Morgan fingerprint density at radius 1 is 1.22 bits per heavy atom. The van der Waals surface area contributed by atoms with Crippen LogP contribution in [-0.2, 0) is 9.63 Å². The van der Waals surface area contributed by atoms with Crippen molar-refractivity contribution in [2.45, 2.75) is 52.6 Å². The molecule has 0 aliphatic heterocycles. The first-order valence-electron chi connectivity index (χ1n) is 8.04. The molecule has 0 amide bonds. The molecular formula is C17H26FNO4. The van der Waals surface area contributed by atoms with E-state index in [1.165, 1.54) is 25.0 Å². The second-order valence-corrected chi connectivity index (χ2v) is 5.76. The second-order valence-electron chi connectivity index (χ2n) is 5.76. The van der Waals surface area contributed by atoms with E-state index in [4.69, 9.17) is 14.7 Å². The van der Waals surface area contributed by atoms with Crippen LogP contribution in [-0.4, -0.2) is 23.8 Å². The lowest BCUT2D eigenvalue weighted by Crippen LogP contribution is -2.34. The lowest BCUT2D eigenvalue weighted by atomic mass is 10.1. The van der Waals surface area contributed by atoms with Gasteiger partial charge in [0.1, 0.15) is 11.4 Å². The molecule has 1 aromatic rings. The van der Waals surface area contributed by atoms with Gasteiger partial charge in [-0.3, -0.25) is 0 Å². The van der Waals surface area contributed by atoms with E-state index in [1.807, 2.05) is 0 Å². The van der Waals surface area contributed by atoms with Gasteiger partial charge in [0.2, 0.25) is 0 Å². The van der Waals surface area contributed by atoms with Crippen molar-refractivity contribution < 1.29 is 24.0 Å². The molecule has 6 heteroatoms. The third-order valence-electron chi connectivity index (χ3n) is 3.36. The summed E-state index contributed by atoms with van der Waals surface area (Å²) in [4.78, 5) is 15.9. The molecule has 0 aliphatic rings. The number of nitrogens with zero attached hydrogens (tertiary/aromatic N) is 1. The minimum atomic E-state index is -1.24. The van der Waals surface area contributed by atoms with Crippen LogP contribution in [0.3, 0.4) is 0 Å². The highest BCUT2D eigenvalue weighted by Gasteiger charge is 2.26. The summed E-state index contributed by atoms with van der Waals surface area (Å²) in [7, 11) is 0. The van der Waals surface area contributed by atoms with Gasteiger partial charge in [-0.15, -0.1) is 0 Å². The number of halogens is 1. The van der Waals surface area contributed by atoms with E-state index in [2.05, 4.69) is 6.92 Å². The van der Waals surface area contributed by atoms with Crippen molar-refractivity contribution in [1.82, 2.24) is 0 Å². The number of carbonyl (C=O) groups is 1. The summed E-state index contributed by atoms with van der Waals surface area (Å²) in [5.41, 5.74) is 0.121. The van der Waals surface area contributed by atoms with Crippen LogP contribution in [0.25, 0.3) is 0 Å². The lowest BCUT2D eigenvalue weighted by molar-refractivity contribution is -0.160. The van der Waals surface area contributed by atoms with Gasteiger partial charge in [-0.05, 0) is 36.6 Å². The highest BCUT2D eigenvalue weighted by molar-refractivity contribution is 5.72. The molecule has 0 radical (unpaired) electrons. The first kappa shape index (κ1) is 19.2. The van der Waals surface area contributed by atoms with Gasteiger partial charge in [-0.25, -0.2) is 9.63 Å². The smallest absolute Gasteiger partial charge is 0.335 e. The Kier molecular flexibility index (Phi) is 8.40. The number of rotatable bonds is 11. The van der Waals surface area contributed by atoms with E-state index in [1.54, 1.807) is 26.0 Å². The predicted molar refractivity (Wildman–Crippen MR) is 87.0 cm³/mol. The fourth-order valence-corrected chi connectivity index (χ4v) is 1.99. The SMILES string of the molecule is CCCCCCOc1ccc(N(F)OC(C(=O)O)C(C)C)cc1. The maximum Gasteiger partial charge on any atom is 0.335 e. The van der Waals surface area contributed by atoms with Gasteiger partial charge in [-0.2, -0.15) is 0 Å². The van der Waals surface area contributed by atoms with Crippen LogP contribution in [0.5, 0.6) is 5.75 Å². The molecule has 130 valence electrons. The molecule has 1 atom stereocenters. The minimum absolute atomic E-state index is 0.0101. The van der Waals surface area contributed by atoms with Crippen molar-refractivity contribution in [2.75, 3.05) is 11.9 Å². The topological polar surface area (TPSA) is 59.0 Å². The number of anilines is 1.